The fourth-order valence-corrected chi connectivity index (χ4v) is 2.46. The van der Waals surface area contributed by atoms with Crippen LogP contribution in [0.2, 0.25) is 0 Å². The molecule has 1 saturated heterocycles. The zero-order valence-electron chi connectivity index (χ0n) is 11.1. The predicted molar refractivity (Wildman–Crippen MR) is 75.8 cm³/mol. The van der Waals surface area contributed by atoms with Crippen LogP contribution in [0.1, 0.15) is 12.8 Å². The van der Waals surface area contributed by atoms with Crippen LogP contribution in [0.15, 0.2) is 30.5 Å². The van der Waals surface area contributed by atoms with Gasteiger partial charge in [0, 0.05) is 36.3 Å². The van der Waals surface area contributed by atoms with Crippen molar-refractivity contribution in [2.45, 2.75) is 18.9 Å². The third kappa shape index (κ3) is 2.49. The quantitative estimate of drug-likeness (QED) is 0.915. The molecule has 1 fully saturated rings. The Balaban J connectivity index is 1.86. The van der Waals surface area contributed by atoms with Gasteiger partial charge in [0.2, 0.25) is 5.88 Å². The van der Waals surface area contributed by atoms with Crippen LogP contribution in [0.5, 0.6) is 5.88 Å². The first-order valence-electron chi connectivity index (χ1n) is 6.68. The molecule has 2 aromatic rings. The highest BCUT2D eigenvalue weighted by atomic mass is 16.5. The second-order valence-electron chi connectivity index (χ2n) is 4.71. The van der Waals surface area contributed by atoms with Crippen LogP contribution in [0.25, 0.3) is 10.8 Å². The third-order valence-electron chi connectivity index (χ3n) is 3.47. The van der Waals surface area contributed by atoms with Crippen molar-refractivity contribution >= 4 is 16.5 Å². The van der Waals surface area contributed by atoms with Crippen molar-refractivity contribution in [3.8, 4) is 5.88 Å². The van der Waals surface area contributed by atoms with E-state index < -0.39 is 0 Å². The Labute approximate surface area is 112 Å². The highest BCUT2D eigenvalue weighted by molar-refractivity contribution is 5.96. The van der Waals surface area contributed by atoms with E-state index in [1.54, 1.807) is 6.20 Å². The molecule has 3 rings (SSSR count). The summed E-state index contributed by atoms with van der Waals surface area (Å²) in [5, 5.41) is 5.35. The van der Waals surface area contributed by atoms with Gasteiger partial charge in [-0.1, -0.05) is 6.07 Å². The average molecular weight is 258 g/mol. The molecule has 1 aliphatic heterocycles. The Bertz CT molecular complexity index is 565. The molecule has 1 atom stereocenters. The zero-order valence-corrected chi connectivity index (χ0v) is 11.1. The number of fused-ring (bicyclic) bond motifs is 1. The van der Waals surface area contributed by atoms with Crippen LogP contribution >= 0.6 is 0 Å². The van der Waals surface area contributed by atoms with Crippen molar-refractivity contribution < 1.29 is 9.47 Å². The minimum atomic E-state index is 0.213. The van der Waals surface area contributed by atoms with Gasteiger partial charge in [-0.3, -0.25) is 0 Å². The van der Waals surface area contributed by atoms with E-state index >= 15 is 0 Å². The molecule has 1 aromatic heterocycles. The molecule has 19 heavy (non-hydrogen) atoms. The first-order chi connectivity index (χ1) is 9.38. The highest BCUT2D eigenvalue weighted by Crippen LogP contribution is 2.29. The van der Waals surface area contributed by atoms with Gasteiger partial charge in [-0.15, -0.1) is 0 Å². The average Bonchev–Trinajstić information content (AvgIpc) is 2.97. The van der Waals surface area contributed by atoms with Crippen molar-refractivity contribution in [1.29, 1.82) is 0 Å². The highest BCUT2D eigenvalue weighted by Gasteiger charge is 2.17. The number of hydrogen-bond acceptors (Lipinski definition) is 4. The normalized spacial score (nSPS) is 18.7. The van der Waals surface area contributed by atoms with Crippen LogP contribution in [0, 0.1) is 0 Å². The molecular formula is C15H18N2O2. The number of nitrogens with one attached hydrogen (secondary N) is 1. The van der Waals surface area contributed by atoms with Gasteiger partial charge in [0.05, 0.1) is 6.10 Å². The standard InChI is InChI=1S/C15H18N2O2/c1-16-14-6-2-5-13-12(14)7-8-17-15(13)19-10-11-4-3-9-18-11/h2,5-8,11,16H,3-4,9-10H2,1H3. The van der Waals surface area contributed by atoms with Crippen molar-refractivity contribution in [3.63, 3.8) is 0 Å². The lowest BCUT2D eigenvalue weighted by molar-refractivity contribution is 0.0669. The van der Waals surface area contributed by atoms with Gasteiger partial charge in [0.1, 0.15) is 6.61 Å². The van der Waals surface area contributed by atoms with Crippen molar-refractivity contribution in [2.24, 2.45) is 0 Å². The molecule has 0 radical (unpaired) electrons. The lowest BCUT2D eigenvalue weighted by Gasteiger charge is -2.13. The summed E-state index contributed by atoms with van der Waals surface area (Å²) in [6.07, 6.45) is 4.20. The first-order valence-corrected chi connectivity index (χ1v) is 6.68. The third-order valence-corrected chi connectivity index (χ3v) is 3.47. The van der Waals surface area contributed by atoms with Gasteiger partial charge >= 0.3 is 0 Å². The molecule has 0 aliphatic carbocycles. The van der Waals surface area contributed by atoms with Crippen LogP contribution in [-0.2, 0) is 4.74 Å². The maximum Gasteiger partial charge on any atom is 0.221 e. The summed E-state index contributed by atoms with van der Waals surface area (Å²) in [4.78, 5) is 4.34. The number of aromatic nitrogens is 1. The first kappa shape index (κ1) is 12.2. The fraction of sp³-hybridized carbons (Fsp3) is 0.400. The van der Waals surface area contributed by atoms with Crippen molar-refractivity contribution in [3.05, 3.63) is 30.5 Å². The fourth-order valence-electron chi connectivity index (χ4n) is 2.46. The maximum absolute atomic E-state index is 5.84. The van der Waals surface area contributed by atoms with E-state index in [0.717, 1.165) is 35.9 Å². The van der Waals surface area contributed by atoms with Gasteiger partial charge < -0.3 is 14.8 Å². The number of anilines is 1. The summed E-state index contributed by atoms with van der Waals surface area (Å²) in [5.41, 5.74) is 1.09. The number of benzene rings is 1. The molecule has 2 heterocycles. The Hall–Kier alpha value is -1.81. The number of ether oxygens (including phenoxy) is 2. The molecule has 0 spiro atoms. The Morgan fingerprint density at radius 3 is 3.11 bits per heavy atom. The largest absolute Gasteiger partial charge is 0.474 e. The second-order valence-corrected chi connectivity index (χ2v) is 4.71. The predicted octanol–water partition coefficient (Wildman–Crippen LogP) is 2.83. The summed E-state index contributed by atoms with van der Waals surface area (Å²) in [6.45, 7) is 1.43. The van der Waals surface area contributed by atoms with Crippen LogP contribution in [0.3, 0.4) is 0 Å². The molecular weight excluding hydrogens is 240 g/mol. The van der Waals surface area contributed by atoms with Gasteiger partial charge in [-0.2, -0.15) is 0 Å². The number of pyridine rings is 1. The van der Waals surface area contributed by atoms with E-state index in [1.165, 1.54) is 0 Å². The topological polar surface area (TPSA) is 43.4 Å². The Morgan fingerprint density at radius 1 is 1.37 bits per heavy atom. The second kappa shape index (κ2) is 5.45. The number of rotatable bonds is 4. The monoisotopic (exact) mass is 258 g/mol. The number of hydrogen-bond donors (Lipinski definition) is 1. The van der Waals surface area contributed by atoms with E-state index in [9.17, 15) is 0 Å². The molecule has 1 aliphatic rings. The SMILES string of the molecule is CNc1cccc2c(OCC3CCCO3)nccc12. The molecule has 1 aromatic carbocycles. The lowest BCUT2D eigenvalue weighted by Crippen LogP contribution is -2.16. The van der Waals surface area contributed by atoms with E-state index in [1.807, 2.05) is 31.3 Å². The molecule has 0 saturated carbocycles. The lowest BCUT2D eigenvalue weighted by atomic mass is 10.1. The smallest absolute Gasteiger partial charge is 0.221 e. The van der Waals surface area contributed by atoms with E-state index in [-0.39, 0.29) is 6.10 Å². The van der Waals surface area contributed by atoms with Crippen molar-refractivity contribution in [2.75, 3.05) is 25.6 Å². The molecule has 1 N–H and O–H groups in total. The number of nitrogens with zero attached hydrogens (tertiary/aromatic N) is 1. The Kier molecular flexibility index (Phi) is 3.51. The van der Waals surface area contributed by atoms with Gasteiger partial charge in [-0.05, 0) is 31.0 Å². The maximum atomic E-state index is 5.84. The van der Waals surface area contributed by atoms with Crippen LogP contribution in [-0.4, -0.2) is 31.3 Å². The van der Waals surface area contributed by atoms with Gasteiger partial charge in [0.15, 0.2) is 0 Å². The van der Waals surface area contributed by atoms with E-state index in [2.05, 4.69) is 10.3 Å². The summed E-state index contributed by atoms with van der Waals surface area (Å²) in [5.74, 6) is 0.685. The van der Waals surface area contributed by atoms with Crippen LogP contribution in [0.4, 0.5) is 5.69 Å². The molecule has 1 unspecified atom stereocenters. The Morgan fingerprint density at radius 2 is 2.32 bits per heavy atom. The van der Waals surface area contributed by atoms with Gasteiger partial charge in [0.25, 0.3) is 0 Å². The summed E-state index contributed by atoms with van der Waals surface area (Å²) in [6, 6.07) is 8.09. The minimum absolute atomic E-state index is 0.213. The van der Waals surface area contributed by atoms with Gasteiger partial charge in [-0.25, -0.2) is 4.98 Å². The zero-order chi connectivity index (χ0) is 13.1. The van der Waals surface area contributed by atoms with E-state index in [0.29, 0.717) is 12.5 Å². The molecule has 4 heteroatoms. The summed E-state index contributed by atoms with van der Waals surface area (Å²) < 4.78 is 11.4. The van der Waals surface area contributed by atoms with Crippen molar-refractivity contribution in [1.82, 2.24) is 4.98 Å². The molecule has 100 valence electrons. The van der Waals surface area contributed by atoms with E-state index in [4.69, 9.17) is 9.47 Å². The van der Waals surface area contributed by atoms with Crippen LogP contribution < -0.4 is 10.1 Å². The summed E-state index contributed by atoms with van der Waals surface area (Å²) >= 11 is 0. The molecule has 4 nitrogen and oxygen atoms in total. The minimum Gasteiger partial charge on any atom is -0.474 e. The molecule has 0 amide bonds. The summed E-state index contributed by atoms with van der Waals surface area (Å²) in [7, 11) is 1.92. The molecule has 0 bridgehead atoms.